The Kier molecular flexibility index (Phi) is 19.0. The van der Waals surface area contributed by atoms with Crippen molar-refractivity contribution in [3.63, 3.8) is 0 Å². The van der Waals surface area contributed by atoms with Crippen LogP contribution in [0.25, 0.3) is 0 Å². The minimum atomic E-state index is -0.696. The number of Topliss-reactive ketones (excluding diaryl/α,β-unsaturated/α-hetero) is 1. The fraction of sp³-hybridized carbons (Fsp3) is 0.417. The van der Waals surface area contributed by atoms with Crippen LogP contribution in [-0.4, -0.2) is 31.2 Å². The summed E-state index contributed by atoms with van der Waals surface area (Å²) in [6.07, 6.45) is 0.686. The van der Waals surface area contributed by atoms with E-state index in [2.05, 4.69) is 10.1 Å². The van der Waals surface area contributed by atoms with Crippen LogP contribution in [0.1, 0.15) is 51.7 Å². The molecule has 0 heterocycles. The Morgan fingerprint density at radius 1 is 0.933 bits per heavy atom. The van der Waals surface area contributed by atoms with E-state index in [9.17, 15) is 9.59 Å². The number of aryl methyl sites for hydroxylation is 1. The number of nitrogens with one attached hydrogen (secondary N) is 1. The summed E-state index contributed by atoms with van der Waals surface area (Å²) in [7, 11) is 3.14. The van der Waals surface area contributed by atoms with Gasteiger partial charge in [0, 0.05) is 25.6 Å². The molecule has 0 saturated carbocycles. The van der Waals surface area contributed by atoms with Gasteiger partial charge in [0.1, 0.15) is 11.5 Å². The van der Waals surface area contributed by atoms with Gasteiger partial charge in [-0.25, -0.2) is 4.79 Å². The monoisotopic (exact) mass is 419 g/mol. The molecule has 30 heavy (non-hydrogen) atoms. The number of benzene rings is 2. The number of ketones is 1. The Morgan fingerprint density at radius 3 is 1.77 bits per heavy atom. The van der Waals surface area contributed by atoms with Gasteiger partial charge in [0.25, 0.3) is 0 Å². The van der Waals surface area contributed by atoms with Gasteiger partial charge in [0.2, 0.25) is 0 Å². The predicted molar refractivity (Wildman–Crippen MR) is 123 cm³/mol. The summed E-state index contributed by atoms with van der Waals surface area (Å²) >= 11 is 0. The largest absolute Gasteiger partial charge is 0.513 e. The van der Waals surface area contributed by atoms with E-state index in [1.54, 1.807) is 12.1 Å². The highest BCUT2D eigenvalue weighted by molar-refractivity contribution is 5.77. The van der Waals surface area contributed by atoms with E-state index in [0.717, 1.165) is 16.8 Å². The predicted octanol–water partition coefficient (Wildman–Crippen LogP) is 5.76. The summed E-state index contributed by atoms with van der Waals surface area (Å²) in [4.78, 5) is 20.8. The molecule has 6 heteroatoms. The van der Waals surface area contributed by atoms with E-state index in [-0.39, 0.29) is 6.61 Å². The van der Waals surface area contributed by atoms with E-state index >= 15 is 0 Å². The van der Waals surface area contributed by atoms with Crippen LogP contribution in [0, 0.1) is 6.92 Å². The molecule has 2 aromatic carbocycles. The van der Waals surface area contributed by atoms with Crippen LogP contribution in [0.5, 0.6) is 5.75 Å². The highest BCUT2D eigenvalue weighted by Crippen LogP contribution is 2.11. The van der Waals surface area contributed by atoms with Crippen LogP contribution in [-0.2, 0) is 16.1 Å². The van der Waals surface area contributed by atoms with Gasteiger partial charge < -0.3 is 19.9 Å². The number of aliphatic hydroxyl groups excluding tert-OH is 1. The lowest BCUT2D eigenvalue weighted by atomic mass is 10.2. The van der Waals surface area contributed by atoms with Gasteiger partial charge in [-0.05, 0) is 36.8 Å². The molecule has 0 unspecified atom stereocenters. The minimum absolute atomic E-state index is 0.115. The molecule has 0 amide bonds. The first-order valence-electron chi connectivity index (χ1n) is 10.1. The minimum Gasteiger partial charge on any atom is -0.437 e. The van der Waals surface area contributed by atoms with E-state index in [1.807, 2.05) is 78.1 Å². The number of anilines is 1. The lowest BCUT2D eigenvalue weighted by molar-refractivity contribution is -0.118. The van der Waals surface area contributed by atoms with Crippen molar-refractivity contribution >= 4 is 17.6 Å². The van der Waals surface area contributed by atoms with Gasteiger partial charge in [-0.2, -0.15) is 0 Å². The van der Waals surface area contributed by atoms with Gasteiger partial charge >= 0.3 is 6.16 Å². The zero-order valence-corrected chi connectivity index (χ0v) is 19.3. The lowest BCUT2D eigenvalue weighted by Gasteiger charge is -2.01. The maximum atomic E-state index is 10.6. The van der Waals surface area contributed by atoms with Crippen LogP contribution in [0.15, 0.2) is 48.5 Å². The molecule has 168 valence electrons. The third-order valence-electron chi connectivity index (χ3n) is 3.60. The van der Waals surface area contributed by atoms with Gasteiger partial charge in [0.15, 0.2) is 0 Å². The van der Waals surface area contributed by atoms with E-state index in [1.165, 1.54) is 7.11 Å². The molecule has 0 saturated heterocycles. The summed E-state index contributed by atoms with van der Waals surface area (Å²) in [6.45, 7) is 9.84. The number of aliphatic hydroxyl groups is 1. The van der Waals surface area contributed by atoms with Crippen molar-refractivity contribution in [3.8, 4) is 5.75 Å². The van der Waals surface area contributed by atoms with Crippen LogP contribution in [0.3, 0.4) is 0 Å². The average molecular weight is 420 g/mol. The molecule has 0 aliphatic heterocycles. The molecular weight excluding hydrogens is 382 g/mol. The third kappa shape index (κ3) is 15.1. The Labute approximate surface area is 181 Å². The van der Waals surface area contributed by atoms with Gasteiger partial charge in [-0.1, -0.05) is 57.5 Å². The van der Waals surface area contributed by atoms with Crippen LogP contribution < -0.4 is 10.1 Å². The number of hydrogen-bond acceptors (Lipinski definition) is 6. The zero-order chi connectivity index (χ0) is 23.4. The normalized spacial score (nSPS) is 8.67. The zero-order valence-electron chi connectivity index (χ0n) is 19.3. The lowest BCUT2D eigenvalue weighted by Crippen LogP contribution is -2.06. The van der Waals surface area contributed by atoms with Crippen molar-refractivity contribution in [3.05, 3.63) is 59.7 Å². The topological polar surface area (TPSA) is 84.9 Å². The molecule has 2 N–H and O–H groups in total. The average Bonchev–Trinajstić information content (AvgIpc) is 2.82. The number of hydrogen-bond donors (Lipinski definition) is 2. The highest BCUT2D eigenvalue weighted by Gasteiger charge is 2.01. The molecule has 2 rings (SSSR count). The second-order valence-corrected chi connectivity index (χ2v) is 5.72. The second-order valence-electron chi connectivity index (χ2n) is 5.72. The van der Waals surface area contributed by atoms with Crippen LogP contribution in [0.4, 0.5) is 10.5 Å². The first-order valence-corrected chi connectivity index (χ1v) is 10.1. The third-order valence-corrected chi connectivity index (χ3v) is 3.60. The quantitative estimate of drug-likeness (QED) is 0.473. The van der Waals surface area contributed by atoms with Crippen molar-refractivity contribution in [2.24, 2.45) is 0 Å². The molecule has 0 aliphatic carbocycles. The van der Waals surface area contributed by atoms with Crippen molar-refractivity contribution < 1.29 is 24.2 Å². The molecule has 0 fully saturated rings. The van der Waals surface area contributed by atoms with Crippen molar-refractivity contribution in [1.82, 2.24) is 0 Å². The number of ether oxygens (including phenoxy) is 2. The van der Waals surface area contributed by atoms with Gasteiger partial charge in [-0.15, -0.1) is 0 Å². The SMILES string of the molecule is CC.CCC(=O)CC.CNc1ccc(CO)cc1.COC(=O)Oc1ccc(C)cc1. The fourth-order valence-corrected chi connectivity index (χ4v) is 1.77. The number of carbonyl (C=O) groups excluding carboxylic acids is 2. The molecule has 0 bridgehead atoms. The summed E-state index contributed by atoms with van der Waals surface area (Å²) in [5, 5.41) is 11.7. The summed E-state index contributed by atoms with van der Waals surface area (Å²) in [5.41, 5.74) is 3.13. The molecule has 2 aromatic rings. The number of carbonyl (C=O) groups is 2. The Morgan fingerprint density at radius 2 is 1.43 bits per heavy atom. The summed E-state index contributed by atoms with van der Waals surface area (Å²) in [5.74, 6) is 0.836. The molecule has 0 atom stereocenters. The summed E-state index contributed by atoms with van der Waals surface area (Å²) < 4.78 is 9.08. The van der Waals surface area contributed by atoms with Crippen LogP contribution >= 0.6 is 0 Å². The molecular formula is C24H37NO5. The van der Waals surface area contributed by atoms with Crippen molar-refractivity contribution in [2.75, 3.05) is 19.5 Å². The fourth-order valence-electron chi connectivity index (χ4n) is 1.77. The molecule has 0 spiro atoms. The smallest absolute Gasteiger partial charge is 0.437 e. The van der Waals surface area contributed by atoms with E-state index in [0.29, 0.717) is 24.4 Å². The summed E-state index contributed by atoms with van der Waals surface area (Å²) in [6, 6.07) is 14.8. The maximum Gasteiger partial charge on any atom is 0.513 e. The number of methoxy groups -OCH3 is 1. The maximum absolute atomic E-state index is 10.6. The Balaban J connectivity index is 0. The molecule has 6 nitrogen and oxygen atoms in total. The molecule has 0 radical (unpaired) electrons. The van der Waals surface area contributed by atoms with Crippen LogP contribution in [0.2, 0.25) is 0 Å². The Hall–Kier alpha value is -2.86. The Bertz CT molecular complexity index is 653. The van der Waals surface area contributed by atoms with Gasteiger partial charge in [0.05, 0.1) is 13.7 Å². The van der Waals surface area contributed by atoms with Crippen molar-refractivity contribution in [2.45, 2.75) is 54.1 Å². The standard InChI is InChI=1S/C9H10O3.C8H11NO.C5H10O.C2H6/c1-7-3-5-8(6-4-7)12-9(10)11-2;1-9-8-4-2-7(6-10)3-5-8;1-3-5(6)4-2;1-2/h3-6H,1-2H3;2-5,9-10H,6H2,1H3;3-4H2,1-2H3;1-2H3. The molecule has 0 aromatic heterocycles. The molecule has 0 aliphatic rings. The van der Waals surface area contributed by atoms with E-state index < -0.39 is 6.16 Å². The first kappa shape index (κ1) is 29.3. The highest BCUT2D eigenvalue weighted by atomic mass is 16.7. The van der Waals surface area contributed by atoms with E-state index in [4.69, 9.17) is 9.84 Å². The van der Waals surface area contributed by atoms with Gasteiger partial charge in [-0.3, -0.25) is 4.79 Å². The van der Waals surface area contributed by atoms with Crippen molar-refractivity contribution in [1.29, 1.82) is 0 Å². The first-order chi connectivity index (χ1) is 14.4. The number of rotatable bonds is 5. The second kappa shape index (κ2) is 19.5.